The van der Waals surface area contributed by atoms with E-state index in [4.69, 9.17) is 5.73 Å². The smallest absolute Gasteiger partial charge is 0.431 e. The van der Waals surface area contributed by atoms with Gasteiger partial charge in [0, 0.05) is 5.69 Å². The largest absolute Gasteiger partial charge is 0.573 e. The second-order valence-electron chi connectivity index (χ2n) is 2.72. The summed E-state index contributed by atoms with van der Waals surface area (Å²) in [6.45, 7) is -3.28. The molecule has 0 amide bonds. The summed E-state index contributed by atoms with van der Waals surface area (Å²) in [6.07, 6.45) is -5.05. The Balaban J connectivity index is 3.17. The van der Waals surface area contributed by atoms with Crippen molar-refractivity contribution >= 4 is 21.6 Å². The third-order valence-corrected chi connectivity index (χ3v) is 2.34. The Kier molecular flexibility index (Phi) is 4.02. The van der Waals surface area contributed by atoms with Gasteiger partial charge in [-0.1, -0.05) is 0 Å². The van der Waals surface area contributed by atoms with Crippen molar-refractivity contribution in [3.63, 3.8) is 0 Å². The van der Waals surface area contributed by atoms with E-state index >= 15 is 0 Å². The minimum Gasteiger partial charge on any atom is -0.431 e. The molecule has 0 heterocycles. The summed E-state index contributed by atoms with van der Waals surface area (Å²) in [6, 6.07) is 1.96. The number of hydrogen-bond donors (Lipinski definition) is 1. The second-order valence-corrected chi connectivity index (χ2v) is 3.52. The van der Waals surface area contributed by atoms with Crippen LogP contribution in [0, 0.1) is 0 Å². The molecular formula is C8H5BrF5NO2. The van der Waals surface area contributed by atoms with E-state index in [1.807, 2.05) is 0 Å². The van der Waals surface area contributed by atoms with E-state index in [0.29, 0.717) is 0 Å². The van der Waals surface area contributed by atoms with Crippen LogP contribution in [0.5, 0.6) is 11.5 Å². The Morgan fingerprint density at radius 3 is 2.29 bits per heavy atom. The zero-order chi connectivity index (χ0) is 13.2. The number of halogens is 6. The minimum absolute atomic E-state index is 0.106. The molecule has 1 rings (SSSR count). The Labute approximate surface area is 100 Å². The number of ether oxygens (including phenoxy) is 2. The van der Waals surface area contributed by atoms with Gasteiger partial charge in [0.1, 0.15) is 0 Å². The standard InChI is InChI=1S/C8H5BrF5NO2/c9-5-3(15)1-2-4(16-7(10)11)6(5)17-8(12,13)14/h1-2,7H,15H2. The monoisotopic (exact) mass is 321 g/mol. The average Bonchev–Trinajstić information content (AvgIpc) is 2.15. The number of anilines is 1. The molecule has 9 heteroatoms. The third-order valence-electron chi connectivity index (χ3n) is 1.52. The number of rotatable bonds is 3. The van der Waals surface area contributed by atoms with Crippen LogP contribution in [-0.4, -0.2) is 13.0 Å². The molecule has 1 aromatic rings. The van der Waals surface area contributed by atoms with Crippen LogP contribution < -0.4 is 15.2 Å². The molecule has 0 aliphatic rings. The van der Waals surface area contributed by atoms with E-state index in [1.54, 1.807) is 0 Å². The highest BCUT2D eigenvalue weighted by Crippen LogP contribution is 2.42. The number of nitrogen functional groups attached to an aromatic ring is 1. The van der Waals surface area contributed by atoms with E-state index < -0.39 is 24.5 Å². The van der Waals surface area contributed by atoms with Gasteiger partial charge < -0.3 is 15.2 Å². The zero-order valence-corrected chi connectivity index (χ0v) is 9.48. The van der Waals surface area contributed by atoms with Crippen molar-refractivity contribution in [2.75, 3.05) is 5.73 Å². The molecule has 0 bridgehead atoms. The van der Waals surface area contributed by atoms with Crippen LogP contribution in [0.25, 0.3) is 0 Å². The lowest BCUT2D eigenvalue weighted by molar-refractivity contribution is -0.275. The summed E-state index contributed by atoms with van der Waals surface area (Å²) in [7, 11) is 0. The maximum absolute atomic E-state index is 12.0. The van der Waals surface area contributed by atoms with Gasteiger partial charge in [0.15, 0.2) is 11.5 Å². The predicted molar refractivity (Wildman–Crippen MR) is 51.9 cm³/mol. The van der Waals surface area contributed by atoms with Crippen molar-refractivity contribution in [3.05, 3.63) is 16.6 Å². The molecule has 0 unspecified atom stereocenters. The average molecular weight is 322 g/mol. The Bertz CT molecular complexity index is 410. The SMILES string of the molecule is Nc1ccc(OC(F)F)c(OC(F)(F)F)c1Br. The lowest BCUT2D eigenvalue weighted by atomic mass is 10.3. The first-order valence-corrected chi connectivity index (χ1v) is 4.78. The van der Waals surface area contributed by atoms with Crippen molar-refractivity contribution in [2.24, 2.45) is 0 Å². The molecule has 0 aliphatic heterocycles. The highest BCUT2D eigenvalue weighted by atomic mass is 79.9. The van der Waals surface area contributed by atoms with Crippen LogP contribution >= 0.6 is 15.9 Å². The molecule has 3 nitrogen and oxygen atoms in total. The predicted octanol–water partition coefficient (Wildman–Crippen LogP) is 3.53. The molecule has 2 N–H and O–H groups in total. The van der Waals surface area contributed by atoms with Gasteiger partial charge in [0.05, 0.1) is 4.47 Å². The summed E-state index contributed by atoms with van der Waals surface area (Å²) in [5, 5.41) is 0. The van der Waals surface area contributed by atoms with E-state index in [1.165, 1.54) is 0 Å². The molecule has 0 aliphatic carbocycles. The van der Waals surface area contributed by atoms with E-state index in [2.05, 4.69) is 25.4 Å². The van der Waals surface area contributed by atoms with Crippen LogP contribution in [0.2, 0.25) is 0 Å². The number of hydrogen-bond acceptors (Lipinski definition) is 3. The third kappa shape index (κ3) is 3.91. The maximum Gasteiger partial charge on any atom is 0.573 e. The first-order chi connectivity index (χ1) is 7.70. The van der Waals surface area contributed by atoms with Gasteiger partial charge in [0.25, 0.3) is 0 Å². The molecule has 0 atom stereocenters. The highest BCUT2D eigenvalue weighted by Gasteiger charge is 2.34. The van der Waals surface area contributed by atoms with Gasteiger partial charge in [0.2, 0.25) is 0 Å². The van der Waals surface area contributed by atoms with E-state index in [9.17, 15) is 22.0 Å². The van der Waals surface area contributed by atoms with Gasteiger partial charge in [-0.05, 0) is 28.1 Å². The first-order valence-electron chi connectivity index (χ1n) is 3.99. The fraction of sp³-hybridized carbons (Fsp3) is 0.250. The second kappa shape index (κ2) is 4.94. The van der Waals surface area contributed by atoms with E-state index in [-0.39, 0.29) is 10.2 Å². The number of alkyl halides is 5. The lowest BCUT2D eigenvalue weighted by Gasteiger charge is -2.16. The van der Waals surface area contributed by atoms with Crippen LogP contribution in [0.1, 0.15) is 0 Å². The summed E-state index contributed by atoms with van der Waals surface area (Å²) >= 11 is 2.70. The van der Waals surface area contributed by atoms with Crippen molar-refractivity contribution in [1.29, 1.82) is 0 Å². The fourth-order valence-corrected chi connectivity index (χ4v) is 1.36. The fourth-order valence-electron chi connectivity index (χ4n) is 0.953. The zero-order valence-electron chi connectivity index (χ0n) is 7.89. The number of nitrogens with two attached hydrogens (primary N) is 1. The van der Waals surface area contributed by atoms with E-state index in [0.717, 1.165) is 12.1 Å². The van der Waals surface area contributed by atoms with Crippen LogP contribution in [0.3, 0.4) is 0 Å². The molecule has 0 radical (unpaired) electrons. The van der Waals surface area contributed by atoms with Gasteiger partial charge in [-0.3, -0.25) is 0 Å². The summed E-state index contributed by atoms with van der Waals surface area (Å²) in [4.78, 5) is 0. The Hall–Kier alpha value is -1.25. The molecule has 0 spiro atoms. The normalized spacial score (nSPS) is 11.7. The Morgan fingerprint density at radius 1 is 1.24 bits per heavy atom. The van der Waals surface area contributed by atoms with Crippen LogP contribution in [-0.2, 0) is 0 Å². The minimum atomic E-state index is -5.05. The molecule has 0 fully saturated rings. The molecule has 0 saturated carbocycles. The maximum atomic E-state index is 12.0. The van der Waals surface area contributed by atoms with Gasteiger partial charge in [-0.15, -0.1) is 13.2 Å². The Morgan fingerprint density at radius 2 is 1.82 bits per heavy atom. The summed E-state index contributed by atoms with van der Waals surface area (Å²) in [5.41, 5.74) is 5.20. The first kappa shape index (κ1) is 13.8. The molecular weight excluding hydrogens is 317 g/mol. The van der Waals surface area contributed by atoms with Crippen molar-refractivity contribution in [1.82, 2.24) is 0 Å². The van der Waals surface area contributed by atoms with Crippen molar-refractivity contribution < 1.29 is 31.4 Å². The van der Waals surface area contributed by atoms with Crippen LogP contribution in [0.4, 0.5) is 27.6 Å². The number of benzene rings is 1. The van der Waals surface area contributed by atoms with Gasteiger partial charge in [-0.2, -0.15) is 8.78 Å². The molecule has 17 heavy (non-hydrogen) atoms. The highest BCUT2D eigenvalue weighted by molar-refractivity contribution is 9.10. The van der Waals surface area contributed by atoms with Crippen LogP contribution in [0.15, 0.2) is 16.6 Å². The topological polar surface area (TPSA) is 44.5 Å². The summed E-state index contributed by atoms with van der Waals surface area (Å²) < 4.78 is 67.2. The van der Waals surface area contributed by atoms with Crippen molar-refractivity contribution in [3.8, 4) is 11.5 Å². The summed E-state index contributed by atoms with van der Waals surface area (Å²) in [5.74, 6) is -1.71. The molecule has 96 valence electrons. The molecule has 0 saturated heterocycles. The molecule has 1 aromatic carbocycles. The van der Waals surface area contributed by atoms with Crippen molar-refractivity contribution in [2.45, 2.75) is 13.0 Å². The van der Waals surface area contributed by atoms with Gasteiger partial charge in [-0.25, -0.2) is 0 Å². The quantitative estimate of drug-likeness (QED) is 0.684. The van der Waals surface area contributed by atoms with Gasteiger partial charge >= 0.3 is 13.0 Å². The lowest BCUT2D eigenvalue weighted by Crippen LogP contribution is -2.19. The molecule has 0 aromatic heterocycles.